The van der Waals surface area contributed by atoms with Gasteiger partial charge in [-0.15, -0.1) is 11.3 Å². The van der Waals surface area contributed by atoms with E-state index in [4.69, 9.17) is 17.3 Å². The van der Waals surface area contributed by atoms with E-state index in [1.54, 1.807) is 11.3 Å². The fourth-order valence-corrected chi connectivity index (χ4v) is 3.95. The number of nitrogen functional groups attached to an aromatic ring is 1. The molecule has 2 heterocycles. The largest absolute Gasteiger partial charge is 0.382 e. The van der Waals surface area contributed by atoms with Gasteiger partial charge >= 0.3 is 0 Å². The van der Waals surface area contributed by atoms with Crippen LogP contribution in [-0.2, 0) is 15.4 Å². The molecule has 0 aliphatic heterocycles. The Bertz CT molecular complexity index is 728. The number of nitrogens with zero attached hydrogens (tertiary/aromatic N) is 1. The first-order valence-corrected chi connectivity index (χ1v) is 8.91. The Morgan fingerprint density at radius 2 is 2.19 bits per heavy atom. The minimum atomic E-state index is -3.67. The Hall–Kier alpha value is -1.15. The zero-order valence-electron chi connectivity index (χ0n) is 11.6. The number of rotatable bonds is 5. The molecule has 0 aliphatic carbocycles. The molecule has 8 heteroatoms. The first kappa shape index (κ1) is 16.2. The van der Waals surface area contributed by atoms with Crippen LogP contribution >= 0.6 is 22.9 Å². The smallest absolute Gasteiger partial charge is 0.242 e. The van der Waals surface area contributed by atoms with Crippen molar-refractivity contribution in [3.05, 3.63) is 39.7 Å². The van der Waals surface area contributed by atoms with E-state index in [1.807, 2.05) is 31.4 Å². The number of thiophene rings is 1. The lowest BCUT2D eigenvalue weighted by Crippen LogP contribution is -2.36. The van der Waals surface area contributed by atoms with E-state index in [9.17, 15) is 8.42 Å². The van der Waals surface area contributed by atoms with Crippen molar-refractivity contribution in [3.63, 3.8) is 0 Å². The van der Waals surface area contributed by atoms with Crippen LogP contribution in [0.15, 0.2) is 34.7 Å². The molecule has 0 aromatic carbocycles. The van der Waals surface area contributed by atoms with E-state index in [2.05, 4.69) is 9.71 Å². The molecule has 0 bridgehead atoms. The summed E-state index contributed by atoms with van der Waals surface area (Å²) >= 11 is 7.41. The maximum absolute atomic E-state index is 12.3. The minimum Gasteiger partial charge on any atom is -0.382 e. The van der Waals surface area contributed by atoms with Gasteiger partial charge < -0.3 is 5.73 Å². The molecule has 0 radical (unpaired) electrons. The van der Waals surface area contributed by atoms with Crippen LogP contribution in [0.4, 0.5) is 5.82 Å². The van der Waals surface area contributed by atoms with Crippen LogP contribution in [0.3, 0.4) is 0 Å². The highest BCUT2D eigenvalue weighted by molar-refractivity contribution is 7.89. The topological polar surface area (TPSA) is 85.1 Å². The van der Waals surface area contributed by atoms with E-state index in [-0.39, 0.29) is 27.7 Å². The summed E-state index contributed by atoms with van der Waals surface area (Å²) in [5.41, 5.74) is 5.18. The standard InChI is InChI=1S/C13H16ClN3O2S2/c1-13(2,11-4-3-5-20-11)8-17-21(18,19)9-6-10(14)12(15)16-7-9/h3-7,17H,8H2,1-2H3,(H2,15,16). The number of sulfonamides is 1. The lowest BCUT2D eigenvalue weighted by atomic mass is 9.92. The first-order valence-electron chi connectivity index (χ1n) is 6.17. The van der Waals surface area contributed by atoms with Crippen molar-refractivity contribution in [1.29, 1.82) is 0 Å². The molecule has 0 saturated carbocycles. The summed E-state index contributed by atoms with van der Waals surface area (Å²) in [6.45, 7) is 4.24. The minimum absolute atomic E-state index is 0.00341. The number of nitrogens with one attached hydrogen (secondary N) is 1. The summed E-state index contributed by atoms with van der Waals surface area (Å²) < 4.78 is 27.1. The van der Waals surface area contributed by atoms with Gasteiger partial charge in [-0.1, -0.05) is 31.5 Å². The highest BCUT2D eigenvalue weighted by Crippen LogP contribution is 2.27. The van der Waals surface area contributed by atoms with Crippen molar-refractivity contribution < 1.29 is 8.42 Å². The Labute approximate surface area is 133 Å². The van der Waals surface area contributed by atoms with Crippen LogP contribution in [0.5, 0.6) is 0 Å². The number of halogens is 1. The van der Waals surface area contributed by atoms with Gasteiger partial charge in [0.05, 0.1) is 5.02 Å². The molecule has 2 aromatic rings. The van der Waals surface area contributed by atoms with Crippen LogP contribution in [0, 0.1) is 0 Å². The van der Waals surface area contributed by atoms with E-state index in [1.165, 1.54) is 12.3 Å². The molecular formula is C13H16ClN3O2S2. The Morgan fingerprint density at radius 1 is 1.48 bits per heavy atom. The van der Waals surface area contributed by atoms with Gasteiger partial charge in [0, 0.05) is 23.0 Å². The van der Waals surface area contributed by atoms with Crippen molar-refractivity contribution in [1.82, 2.24) is 9.71 Å². The number of nitrogens with two attached hydrogens (primary N) is 1. The predicted octanol–water partition coefficient (Wildman–Crippen LogP) is 2.63. The van der Waals surface area contributed by atoms with E-state index < -0.39 is 10.0 Å². The molecule has 21 heavy (non-hydrogen) atoms. The van der Waals surface area contributed by atoms with Crippen LogP contribution in [0.1, 0.15) is 18.7 Å². The Morgan fingerprint density at radius 3 is 2.76 bits per heavy atom. The average Bonchev–Trinajstić information content (AvgIpc) is 2.94. The molecule has 0 spiro atoms. The van der Waals surface area contributed by atoms with Gasteiger partial charge in [-0.25, -0.2) is 18.1 Å². The number of hydrogen-bond donors (Lipinski definition) is 2. The monoisotopic (exact) mass is 345 g/mol. The second-order valence-corrected chi connectivity index (χ2v) is 8.35. The molecule has 0 amide bonds. The third kappa shape index (κ3) is 3.74. The Kier molecular flexibility index (Phi) is 4.57. The molecule has 0 unspecified atom stereocenters. The van der Waals surface area contributed by atoms with Gasteiger partial charge in [0.15, 0.2) is 0 Å². The summed E-state index contributed by atoms with van der Waals surface area (Å²) in [4.78, 5) is 4.88. The normalized spacial score (nSPS) is 12.5. The molecule has 3 N–H and O–H groups in total. The van der Waals surface area contributed by atoms with Gasteiger partial charge in [0.25, 0.3) is 0 Å². The highest BCUT2D eigenvalue weighted by atomic mass is 35.5. The molecular weight excluding hydrogens is 330 g/mol. The zero-order valence-corrected chi connectivity index (χ0v) is 14.0. The van der Waals surface area contributed by atoms with Crippen molar-refractivity contribution in [3.8, 4) is 0 Å². The second-order valence-electron chi connectivity index (χ2n) is 5.22. The van der Waals surface area contributed by atoms with Gasteiger partial charge in [-0.05, 0) is 17.5 Å². The summed E-state index contributed by atoms with van der Waals surface area (Å²) in [5.74, 6) is 0.106. The molecule has 0 atom stereocenters. The van der Waals surface area contributed by atoms with Crippen molar-refractivity contribution in [2.75, 3.05) is 12.3 Å². The van der Waals surface area contributed by atoms with E-state index in [0.29, 0.717) is 0 Å². The van der Waals surface area contributed by atoms with E-state index in [0.717, 1.165) is 4.88 Å². The summed E-state index contributed by atoms with van der Waals surface area (Å²) in [6.07, 6.45) is 1.20. The molecule has 2 aromatic heterocycles. The molecule has 114 valence electrons. The molecule has 0 saturated heterocycles. The van der Waals surface area contributed by atoms with Gasteiger partial charge in [-0.2, -0.15) is 0 Å². The number of anilines is 1. The van der Waals surface area contributed by atoms with Gasteiger partial charge in [-0.3, -0.25) is 0 Å². The second kappa shape index (κ2) is 5.92. The summed E-state index contributed by atoms with van der Waals surface area (Å²) in [6, 6.07) is 5.23. The number of pyridine rings is 1. The summed E-state index contributed by atoms with van der Waals surface area (Å²) in [7, 11) is -3.67. The summed E-state index contributed by atoms with van der Waals surface area (Å²) in [5, 5.41) is 2.09. The van der Waals surface area contributed by atoms with Crippen LogP contribution in [0.25, 0.3) is 0 Å². The highest BCUT2D eigenvalue weighted by Gasteiger charge is 2.25. The predicted molar refractivity (Wildman–Crippen MR) is 86.2 cm³/mol. The quantitative estimate of drug-likeness (QED) is 0.872. The third-order valence-corrected chi connectivity index (χ3v) is 5.95. The molecule has 0 fully saturated rings. The van der Waals surface area contributed by atoms with Crippen molar-refractivity contribution >= 4 is 38.8 Å². The van der Waals surface area contributed by atoms with Crippen molar-refractivity contribution in [2.24, 2.45) is 0 Å². The molecule has 2 rings (SSSR count). The number of hydrogen-bond acceptors (Lipinski definition) is 5. The maximum Gasteiger partial charge on any atom is 0.242 e. The first-order chi connectivity index (χ1) is 9.72. The van der Waals surface area contributed by atoms with Crippen LogP contribution < -0.4 is 10.5 Å². The third-order valence-electron chi connectivity index (χ3n) is 3.05. The number of aromatic nitrogens is 1. The molecule has 0 aliphatic rings. The SMILES string of the molecule is CC(C)(CNS(=O)(=O)c1cnc(N)c(Cl)c1)c1cccs1. The molecule has 5 nitrogen and oxygen atoms in total. The lowest BCUT2D eigenvalue weighted by Gasteiger charge is -2.23. The average molecular weight is 346 g/mol. The Balaban J connectivity index is 2.16. The van der Waals surface area contributed by atoms with E-state index >= 15 is 0 Å². The fourth-order valence-electron chi connectivity index (χ4n) is 1.69. The van der Waals surface area contributed by atoms with Crippen LogP contribution in [-0.4, -0.2) is 19.9 Å². The maximum atomic E-state index is 12.3. The van der Waals surface area contributed by atoms with Gasteiger partial charge in [0.2, 0.25) is 10.0 Å². The van der Waals surface area contributed by atoms with Crippen LogP contribution in [0.2, 0.25) is 5.02 Å². The van der Waals surface area contributed by atoms with Crippen molar-refractivity contribution in [2.45, 2.75) is 24.2 Å². The fraction of sp³-hybridized carbons (Fsp3) is 0.308. The lowest BCUT2D eigenvalue weighted by molar-refractivity contribution is 0.509. The zero-order chi connectivity index (χ0) is 15.7. The van der Waals surface area contributed by atoms with Gasteiger partial charge in [0.1, 0.15) is 10.7 Å².